The Kier molecular flexibility index (Phi) is 4.91. The molecule has 1 N–H and O–H groups in total. The molecular weight excluding hydrogens is 288 g/mol. The smallest absolute Gasteiger partial charge is 0.245 e. The molecule has 0 aromatic heterocycles. The van der Waals surface area contributed by atoms with Crippen LogP contribution < -0.4 is 5.32 Å². The molecule has 0 amide bonds. The van der Waals surface area contributed by atoms with Crippen LogP contribution in [0.1, 0.15) is 26.7 Å². The Morgan fingerprint density at radius 3 is 2.76 bits per heavy atom. The van der Waals surface area contributed by atoms with E-state index in [1.54, 1.807) is 25.3 Å². The van der Waals surface area contributed by atoms with Crippen LogP contribution in [-0.2, 0) is 14.8 Å². The standard InChI is InChI=1S/C15H24N2O3S/c1-4-16-13-8-5-6-9-14(13)21(18,19)17-11-7-10-15(2,12-17)20-3/h5-6,8-9,16H,4,7,10-12H2,1-3H3. The van der Waals surface area contributed by atoms with E-state index in [4.69, 9.17) is 4.74 Å². The van der Waals surface area contributed by atoms with Gasteiger partial charge in [-0.25, -0.2) is 8.42 Å². The Balaban J connectivity index is 2.34. The minimum Gasteiger partial charge on any atom is -0.384 e. The first-order valence-corrected chi connectivity index (χ1v) is 8.75. The molecule has 0 bridgehead atoms. The van der Waals surface area contributed by atoms with Crippen molar-refractivity contribution < 1.29 is 13.2 Å². The predicted octanol–water partition coefficient (Wildman–Crippen LogP) is 2.31. The summed E-state index contributed by atoms with van der Waals surface area (Å²) in [7, 11) is -1.86. The monoisotopic (exact) mass is 312 g/mol. The van der Waals surface area contributed by atoms with Gasteiger partial charge in [0.2, 0.25) is 10.0 Å². The van der Waals surface area contributed by atoms with Crippen molar-refractivity contribution in [2.75, 3.05) is 32.1 Å². The highest BCUT2D eigenvalue weighted by Gasteiger charge is 2.37. The van der Waals surface area contributed by atoms with Gasteiger partial charge >= 0.3 is 0 Å². The number of rotatable bonds is 5. The third-order valence-electron chi connectivity index (χ3n) is 3.99. The molecule has 1 aromatic rings. The summed E-state index contributed by atoms with van der Waals surface area (Å²) in [5.74, 6) is 0. The van der Waals surface area contributed by atoms with E-state index in [1.807, 2.05) is 19.9 Å². The number of methoxy groups -OCH3 is 1. The van der Waals surface area contributed by atoms with Crippen LogP contribution >= 0.6 is 0 Å². The van der Waals surface area contributed by atoms with Crippen molar-refractivity contribution in [3.8, 4) is 0 Å². The first kappa shape index (κ1) is 16.3. The van der Waals surface area contributed by atoms with E-state index in [2.05, 4.69) is 5.32 Å². The summed E-state index contributed by atoms with van der Waals surface area (Å²) in [6.45, 7) is 5.54. The van der Waals surface area contributed by atoms with Crippen molar-refractivity contribution in [2.45, 2.75) is 37.2 Å². The Bertz CT molecular complexity index is 588. The van der Waals surface area contributed by atoms with Gasteiger partial charge in [0, 0.05) is 26.7 Å². The quantitative estimate of drug-likeness (QED) is 0.906. The second kappa shape index (κ2) is 6.34. The van der Waals surface area contributed by atoms with Gasteiger partial charge in [0.05, 0.1) is 11.3 Å². The molecule has 5 nitrogen and oxygen atoms in total. The number of ether oxygens (including phenoxy) is 1. The maximum Gasteiger partial charge on any atom is 0.245 e. The molecule has 2 rings (SSSR count). The molecule has 1 aliphatic rings. The van der Waals surface area contributed by atoms with Crippen molar-refractivity contribution in [3.05, 3.63) is 24.3 Å². The van der Waals surface area contributed by atoms with E-state index >= 15 is 0 Å². The molecule has 1 heterocycles. The van der Waals surface area contributed by atoms with Gasteiger partial charge in [0.1, 0.15) is 4.90 Å². The van der Waals surface area contributed by atoms with E-state index < -0.39 is 15.6 Å². The van der Waals surface area contributed by atoms with E-state index in [-0.39, 0.29) is 0 Å². The molecule has 1 atom stereocenters. The highest BCUT2D eigenvalue weighted by atomic mass is 32.2. The van der Waals surface area contributed by atoms with Crippen molar-refractivity contribution in [2.24, 2.45) is 0 Å². The van der Waals surface area contributed by atoms with Crippen LogP contribution in [0.15, 0.2) is 29.2 Å². The number of sulfonamides is 1. The summed E-state index contributed by atoms with van der Waals surface area (Å²) in [5, 5.41) is 3.12. The largest absolute Gasteiger partial charge is 0.384 e. The van der Waals surface area contributed by atoms with Crippen LogP contribution in [0, 0.1) is 0 Å². The lowest BCUT2D eigenvalue weighted by molar-refractivity contribution is -0.0319. The summed E-state index contributed by atoms with van der Waals surface area (Å²) in [6, 6.07) is 7.06. The minimum absolute atomic E-state index is 0.340. The second-order valence-corrected chi connectivity index (χ2v) is 7.53. The fraction of sp³-hybridized carbons (Fsp3) is 0.600. The molecular formula is C15H24N2O3S. The van der Waals surface area contributed by atoms with E-state index in [9.17, 15) is 8.42 Å². The van der Waals surface area contributed by atoms with Gasteiger partial charge < -0.3 is 10.1 Å². The number of hydrogen-bond donors (Lipinski definition) is 1. The molecule has 1 saturated heterocycles. The molecule has 1 aromatic carbocycles. The molecule has 1 unspecified atom stereocenters. The third kappa shape index (κ3) is 3.39. The summed E-state index contributed by atoms with van der Waals surface area (Å²) >= 11 is 0. The van der Waals surface area contributed by atoms with Gasteiger partial charge in [0.15, 0.2) is 0 Å². The molecule has 1 aliphatic heterocycles. The second-order valence-electron chi connectivity index (χ2n) is 5.62. The topological polar surface area (TPSA) is 58.6 Å². The summed E-state index contributed by atoms with van der Waals surface area (Å²) < 4.78 is 32.9. The van der Waals surface area contributed by atoms with Crippen LogP contribution in [-0.4, -0.2) is 45.1 Å². The first-order valence-electron chi connectivity index (χ1n) is 7.31. The van der Waals surface area contributed by atoms with Crippen molar-refractivity contribution in [1.82, 2.24) is 4.31 Å². The molecule has 21 heavy (non-hydrogen) atoms. The van der Waals surface area contributed by atoms with Crippen LogP contribution in [0.5, 0.6) is 0 Å². The Labute approximate surface area is 127 Å². The normalized spacial score (nSPS) is 24.0. The van der Waals surface area contributed by atoms with Gasteiger partial charge in [-0.3, -0.25) is 0 Å². The number of hydrogen-bond acceptors (Lipinski definition) is 4. The number of piperidine rings is 1. The summed E-state index contributed by atoms with van der Waals surface area (Å²) in [5.41, 5.74) is 0.253. The number of nitrogens with zero attached hydrogens (tertiary/aromatic N) is 1. The summed E-state index contributed by atoms with van der Waals surface area (Å²) in [4.78, 5) is 0.340. The lowest BCUT2D eigenvalue weighted by Crippen LogP contribution is -2.49. The first-order chi connectivity index (χ1) is 9.93. The fourth-order valence-electron chi connectivity index (χ4n) is 2.70. The Morgan fingerprint density at radius 1 is 1.38 bits per heavy atom. The molecule has 1 fully saturated rings. The van der Waals surface area contributed by atoms with E-state index in [1.165, 1.54) is 4.31 Å². The minimum atomic E-state index is -3.51. The van der Waals surface area contributed by atoms with Crippen LogP contribution in [0.4, 0.5) is 5.69 Å². The number of anilines is 1. The van der Waals surface area contributed by atoms with Crippen molar-refractivity contribution in [3.63, 3.8) is 0 Å². The SMILES string of the molecule is CCNc1ccccc1S(=O)(=O)N1CCCC(C)(OC)C1. The molecule has 0 spiro atoms. The number of nitrogens with one attached hydrogen (secondary N) is 1. The third-order valence-corrected chi connectivity index (χ3v) is 5.89. The Morgan fingerprint density at radius 2 is 2.10 bits per heavy atom. The average Bonchev–Trinajstić information content (AvgIpc) is 2.48. The molecule has 0 aliphatic carbocycles. The molecule has 6 heteroatoms. The summed E-state index contributed by atoms with van der Waals surface area (Å²) in [6.07, 6.45) is 1.69. The van der Waals surface area contributed by atoms with Gasteiger partial charge in [-0.05, 0) is 38.8 Å². The maximum absolute atomic E-state index is 12.9. The van der Waals surface area contributed by atoms with Crippen LogP contribution in [0.3, 0.4) is 0 Å². The number of benzene rings is 1. The van der Waals surface area contributed by atoms with Gasteiger partial charge in [-0.15, -0.1) is 0 Å². The average molecular weight is 312 g/mol. The highest BCUT2D eigenvalue weighted by molar-refractivity contribution is 7.89. The molecule has 0 radical (unpaired) electrons. The van der Waals surface area contributed by atoms with Gasteiger partial charge in [-0.2, -0.15) is 4.31 Å². The lowest BCUT2D eigenvalue weighted by atomic mass is 9.96. The number of para-hydroxylation sites is 1. The Hall–Kier alpha value is -1.11. The molecule has 0 saturated carbocycles. The van der Waals surface area contributed by atoms with Crippen molar-refractivity contribution >= 4 is 15.7 Å². The lowest BCUT2D eigenvalue weighted by Gasteiger charge is -2.38. The highest BCUT2D eigenvalue weighted by Crippen LogP contribution is 2.31. The van der Waals surface area contributed by atoms with E-state index in [0.717, 1.165) is 12.8 Å². The van der Waals surface area contributed by atoms with Gasteiger partial charge in [0.25, 0.3) is 0 Å². The van der Waals surface area contributed by atoms with Crippen molar-refractivity contribution in [1.29, 1.82) is 0 Å². The van der Waals surface area contributed by atoms with Gasteiger partial charge in [-0.1, -0.05) is 12.1 Å². The van der Waals surface area contributed by atoms with Crippen LogP contribution in [0.2, 0.25) is 0 Å². The fourth-order valence-corrected chi connectivity index (χ4v) is 4.46. The van der Waals surface area contributed by atoms with Crippen LogP contribution in [0.25, 0.3) is 0 Å². The molecule has 118 valence electrons. The predicted molar refractivity (Wildman–Crippen MR) is 84.0 cm³/mol. The van der Waals surface area contributed by atoms with E-state index in [0.29, 0.717) is 30.2 Å². The maximum atomic E-state index is 12.9. The zero-order valence-corrected chi connectivity index (χ0v) is 13.7. The zero-order valence-electron chi connectivity index (χ0n) is 12.9. The zero-order chi connectivity index (χ0) is 15.5.